The predicted molar refractivity (Wildman–Crippen MR) is 69.0 cm³/mol. The van der Waals surface area contributed by atoms with Crippen molar-refractivity contribution in [2.45, 2.75) is 19.8 Å². The minimum absolute atomic E-state index is 0.929. The van der Waals surface area contributed by atoms with Crippen molar-refractivity contribution in [3.05, 3.63) is 42.0 Å². The summed E-state index contributed by atoms with van der Waals surface area (Å²) in [6.45, 7) is 4.23. The van der Waals surface area contributed by atoms with Gasteiger partial charge in [0.1, 0.15) is 5.75 Å². The van der Waals surface area contributed by atoms with E-state index in [1.54, 1.807) is 7.11 Å². The number of hydrogen-bond acceptors (Lipinski definition) is 2. The van der Waals surface area contributed by atoms with Crippen LogP contribution in [0.1, 0.15) is 18.9 Å². The molecule has 0 aliphatic heterocycles. The number of nitrogens with one attached hydrogen (secondary N) is 1. The number of allylic oxidation sites excluding steroid dienone is 1. The summed E-state index contributed by atoms with van der Waals surface area (Å²) in [6.07, 6.45) is 6.51. The second-order valence-corrected chi connectivity index (χ2v) is 3.67. The van der Waals surface area contributed by atoms with Gasteiger partial charge in [0.2, 0.25) is 0 Å². The lowest BCUT2D eigenvalue weighted by atomic mass is 10.1. The standard InChI is InChI=1S/C14H21NO/c1-3-15-11-6-4-5-8-13-9-7-10-14(12-13)16-2/h4-5,7,9-10,12,15H,3,6,8,11H2,1-2H3. The quantitative estimate of drug-likeness (QED) is 0.562. The maximum atomic E-state index is 5.18. The lowest BCUT2D eigenvalue weighted by molar-refractivity contribution is 0.414. The average Bonchev–Trinajstić information content (AvgIpc) is 2.34. The molecule has 0 aliphatic carbocycles. The summed E-state index contributed by atoms with van der Waals surface area (Å²) in [5.41, 5.74) is 1.29. The van der Waals surface area contributed by atoms with Crippen LogP contribution < -0.4 is 10.1 Å². The maximum absolute atomic E-state index is 5.18. The molecule has 0 bridgehead atoms. The van der Waals surface area contributed by atoms with Gasteiger partial charge in [-0.3, -0.25) is 0 Å². The molecule has 88 valence electrons. The van der Waals surface area contributed by atoms with E-state index in [4.69, 9.17) is 4.74 Å². The van der Waals surface area contributed by atoms with Gasteiger partial charge in [0.25, 0.3) is 0 Å². The summed E-state index contributed by atoms with van der Waals surface area (Å²) in [6, 6.07) is 8.20. The lowest BCUT2D eigenvalue weighted by Gasteiger charge is -2.01. The molecule has 1 rings (SSSR count). The molecular weight excluding hydrogens is 198 g/mol. The Balaban J connectivity index is 2.30. The molecule has 0 atom stereocenters. The van der Waals surface area contributed by atoms with E-state index in [-0.39, 0.29) is 0 Å². The normalized spacial score (nSPS) is 10.9. The smallest absolute Gasteiger partial charge is 0.119 e. The van der Waals surface area contributed by atoms with Gasteiger partial charge in [-0.25, -0.2) is 0 Å². The average molecular weight is 219 g/mol. The monoisotopic (exact) mass is 219 g/mol. The number of rotatable bonds is 7. The van der Waals surface area contributed by atoms with Crippen LogP contribution in [0.25, 0.3) is 0 Å². The summed E-state index contributed by atoms with van der Waals surface area (Å²) in [7, 11) is 1.70. The van der Waals surface area contributed by atoms with Crippen LogP contribution in [0.5, 0.6) is 5.75 Å². The molecule has 0 radical (unpaired) electrons. The van der Waals surface area contributed by atoms with Crippen LogP contribution in [0, 0.1) is 0 Å². The van der Waals surface area contributed by atoms with Gasteiger partial charge in [-0.2, -0.15) is 0 Å². The van der Waals surface area contributed by atoms with Gasteiger partial charge in [-0.05, 0) is 43.6 Å². The molecule has 0 aliphatic rings. The van der Waals surface area contributed by atoms with Crippen molar-refractivity contribution in [1.82, 2.24) is 5.32 Å². The highest BCUT2D eigenvalue weighted by Crippen LogP contribution is 2.13. The van der Waals surface area contributed by atoms with Crippen molar-refractivity contribution >= 4 is 0 Å². The topological polar surface area (TPSA) is 21.3 Å². The molecule has 0 aromatic heterocycles. The van der Waals surface area contributed by atoms with Crippen molar-refractivity contribution in [2.75, 3.05) is 20.2 Å². The Hall–Kier alpha value is -1.28. The minimum Gasteiger partial charge on any atom is -0.497 e. The highest BCUT2D eigenvalue weighted by molar-refractivity contribution is 5.29. The van der Waals surface area contributed by atoms with Crippen LogP contribution >= 0.6 is 0 Å². The molecule has 0 saturated heterocycles. The lowest BCUT2D eigenvalue weighted by Crippen LogP contribution is -2.12. The van der Waals surface area contributed by atoms with Crippen LogP contribution in [0.3, 0.4) is 0 Å². The van der Waals surface area contributed by atoms with E-state index in [0.29, 0.717) is 0 Å². The minimum atomic E-state index is 0.929. The van der Waals surface area contributed by atoms with Crippen LogP contribution in [0.4, 0.5) is 0 Å². The Morgan fingerprint density at radius 3 is 2.94 bits per heavy atom. The molecule has 1 aromatic carbocycles. The fourth-order valence-electron chi connectivity index (χ4n) is 1.50. The first-order chi connectivity index (χ1) is 7.86. The second-order valence-electron chi connectivity index (χ2n) is 3.67. The molecule has 2 nitrogen and oxygen atoms in total. The van der Waals surface area contributed by atoms with Gasteiger partial charge in [0, 0.05) is 0 Å². The van der Waals surface area contributed by atoms with E-state index in [1.807, 2.05) is 12.1 Å². The molecule has 0 amide bonds. The number of methoxy groups -OCH3 is 1. The van der Waals surface area contributed by atoms with E-state index in [2.05, 4.69) is 36.5 Å². The van der Waals surface area contributed by atoms with Gasteiger partial charge >= 0.3 is 0 Å². The Kier molecular flexibility index (Phi) is 6.35. The van der Waals surface area contributed by atoms with E-state index < -0.39 is 0 Å². The predicted octanol–water partition coefficient (Wildman–Crippen LogP) is 2.79. The summed E-state index contributed by atoms with van der Waals surface area (Å²) >= 11 is 0. The van der Waals surface area contributed by atoms with Crippen LogP contribution in [-0.2, 0) is 6.42 Å². The van der Waals surface area contributed by atoms with E-state index >= 15 is 0 Å². The van der Waals surface area contributed by atoms with Crippen LogP contribution in [0.2, 0.25) is 0 Å². The van der Waals surface area contributed by atoms with Crippen molar-refractivity contribution in [3.8, 4) is 5.75 Å². The number of hydrogen-bond donors (Lipinski definition) is 1. The summed E-state index contributed by atoms with van der Waals surface area (Å²) in [5, 5.41) is 3.29. The van der Waals surface area contributed by atoms with Crippen LogP contribution in [0.15, 0.2) is 36.4 Å². The highest BCUT2D eigenvalue weighted by atomic mass is 16.5. The third-order valence-electron chi connectivity index (χ3n) is 2.39. The number of ether oxygens (including phenoxy) is 1. The van der Waals surface area contributed by atoms with Crippen LogP contribution in [-0.4, -0.2) is 20.2 Å². The summed E-state index contributed by atoms with van der Waals surface area (Å²) < 4.78 is 5.18. The molecule has 1 aromatic rings. The maximum Gasteiger partial charge on any atom is 0.119 e. The van der Waals surface area contributed by atoms with Gasteiger partial charge in [0.05, 0.1) is 7.11 Å². The third kappa shape index (κ3) is 4.99. The Bertz CT molecular complexity index is 320. The van der Waals surface area contributed by atoms with E-state index in [9.17, 15) is 0 Å². The van der Waals surface area contributed by atoms with Gasteiger partial charge in [-0.1, -0.05) is 31.2 Å². The van der Waals surface area contributed by atoms with Crippen molar-refractivity contribution in [1.29, 1.82) is 0 Å². The molecule has 0 spiro atoms. The first-order valence-electron chi connectivity index (χ1n) is 5.85. The number of benzene rings is 1. The fraction of sp³-hybridized carbons (Fsp3) is 0.429. The molecular formula is C14H21NO. The first kappa shape index (κ1) is 12.8. The Labute approximate surface area is 98.3 Å². The highest BCUT2D eigenvalue weighted by Gasteiger charge is 1.92. The SMILES string of the molecule is CCNCCC=CCc1cccc(OC)c1. The zero-order valence-corrected chi connectivity index (χ0v) is 10.2. The molecule has 0 heterocycles. The van der Waals surface area contributed by atoms with Crippen molar-refractivity contribution in [2.24, 2.45) is 0 Å². The second kappa shape index (κ2) is 7.94. The molecule has 2 heteroatoms. The molecule has 1 N–H and O–H groups in total. The van der Waals surface area contributed by atoms with E-state index in [0.717, 1.165) is 31.7 Å². The molecule has 0 saturated carbocycles. The summed E-state index contributed by atoms with van der Waals surface area (Å²) in [5.74, 6) is 0.929. The zero-order chi connectivity index (χ0) is 11.6. The van der Waals surface area contributed by atoms with Gasteiger partial charge < -0.3 is 10.1 Å². The van der Waals surface area contributed by atoms with E-state index in [1.165, 1.54) is 5.56 Å². The van der Waals surface area contributed by atoms with Gasteiger partial charge in [-0.15, -0.1) is 0 Å². The van der Waals surface area contributed by atoms with Crippen molar-refractivity contribution < 1.29 is 4.74 Å². The third-order valence-corrected chi connectivity index (χ3v) is 2.39. The molecule has 0 unspecified atom stereocenters. The molecule has 16 heavy (non-hydrogen) atoms. The Morgan fingerprint density at radius 1 is 1.31 bits per heavy atom. The first-order valence-corrected chi connectivity index (χ1v) is 5.85. The fourth-order valence-corrected chi connectivity index (χ4v) is 1.50. The zero-order valence-electron chi connectivity index (χ0n) is 10.2. The van der Waals surface area contributed by atoms with Crippen molar-refractivity contribution in [3.63, 3.8) is 0 Å². The largest absolute Gasteiger partial charge is 0.497 e. The Morgan fingerprint density at radius 2 is 2.19 bits per heavy atom. The molecule has 0 fully saturated rings. The summed E-state index contributed by atoms with van der Waals surface area (Å²) in [4.78, 5) is 0. The van der Waals surface area contributed by atoms with Gasteiger partial charge in [0.15, 0.2) is 0 Å².